The van der Waals surface area contributed by atoms with Gasteiger partial charge in [0.1, 0.15) is 29.4 Å². The number of methoxy groups -OCH3 is 1. The average Bonchev–Trinajstić information content (AvgIpc) is 3.29. The number of nitrogens with zero attached hydrogens (tertiary/aromatic N) is 2. The van der Waals surface area contributed by atoms with Gasteiger partial charge in [-0.05, 0) is 60.9 Å². The van der Waals surface area contributed by atoms with Gasteiger partial charge in [0.05, 0.1) is 24.9 Å². The lowest BCUT2D eigenvalue weighted by Gasteiger charge is -2.29. The van der Waals surface area contributed by atoms with Gasteiger partial charge >= 0.3 is 5.97 Å². The van der Waals surface area contributed by atoms with Gasteiger partial charge < -0.3 is 14.0 Å². The molecule has 5 rings (SSSR count). The second-order valence-corrected chi connectivity index (χ2v) is 9.66. The molecule has 2 heterocycles. The van der Waals surface area contributed by atoms with Crippen molar-refractivity contribution in [2.24, 2.45) is 4.99 Å². The van der Waals surface area contributed by atoms with Crippen molar-refractivity contribution < 1.29 is 23.0 Å². The van der Waals surface area contributed by atoms with Crippen LogP contribution in [0.2, 0.25) is 0 Å². The van der Waals surface area contributed by atoms with E-state index in [1.807, 2.05) is 37.3 Å². The third-order valence-electron chi connectivity index (χ3n) is 6.95. The highest BCUT2D eigenvalue weighted by Crippen LogP contribution is 2.47. The molecular formula is C32H28F2N2O3. The highest BCUT2D eigenvalue weighted by atomic mass is 19.1. The van der Waals surface area contributed by atoms with Crippen molar-refractivity contribution in [2.75, 3.05) is 13.7 Å². The molecule has 198 valence electrons. The Morgan fingerprint density at radius 2 is 1.90 bits per heavy atom. The summed E-state index contributed by atoms with van der Waals surface area (Å²) in [4.78, 5) is 18.0. The molecule has 4 aromatic rings. The maximum absolute atomic E-state index is 15.3. The van der Waals surface area contributed by atoms with Crippen LogP contribution in [0.5, 0.6) is 5.75 Å². The van der Waals surface area contributed by atoms with Gasteiger partial charge in [-0.15, -0.1) is 0 Å². The summed E-state index contributed by atoms with van der Waals surface area (Å²) in [6.45, 7) is 7.95. The number of aryl methyl sites for hydroxylation is 1. The van der Waals surface area contributed by atoms with E-state index in [1.165, 1.54) is 25.3 Å². The SMILES string of the molecule is C=C(C)c1c(C2(C(=O)OC)C=CC=NC2)c2c(OCc3ccccc3)cc(F)cc2n1-c1ccc(F)c(C)c1. The quantitative estimate of drug-likeness (QED) is 0.247. The summed E-state index contributed by atoms with van der Waals surface area (Å²) < 4.78 is 42.9. The Bertz CT molecular complexity index is 1650. The lowest BCUT2D eigenvalue weighted by molar-refractivity contribution is -0.145. The lowest BCUT2D eigenvalue weighted by atomic mass is 9.76. The molecule has 7 heteroatoms. The van der Waals surface area contributed by atoms with E-state index in [1.54, 1.807) is 42.0 Å². The summed E-state index contributed by atoms with van der Waals surface area (Å²) >= 11 is 0. The maximum atomic E-state index is 15.3. The molecule has 39 heavy (non-hydrogen) atoms. The fourth-order valence-electron chi connectivity index (χ4n) is 5.17. The molecule has 0 saturated heterocycles. The number of aromatic nitrogens is 1. The van der Waals surface area contributed by atoms with Gasteiger partial charge in [0.25, 0.3) is 0 Å². The molecule has 0 radical (unpaired) electrons. The summed E-state index contributed by atoms with van der Waals surface area (Å²) in [6.07, 6.45) is 5.07. The van der Waals surface area contributed by atoms with Crippen LogP contribution in [0.25, 0.3) is 22.2 Å². The van der Waals surface area contributed by atoms with Gasteiger partial charge in [-0.2, -0.15) is 0 Å². The van der Waals surface area contributed by atoms with Crippen LogP contribution in [0.4, 0.5) is 8.78 Å². The molecule has 1 aliphatic rings. The van der Waals surface area contributed by atoms with E-state index in [0.717, 1.165) is 5.56 Å². The number of carbonyl (C=O) groups is 1. The van der Waals surface area contributed by atoms with Crippen molar-refractivity contribution in [1.82, 2.24) is 4.57 Å². The van der Waals surface area contributed by atoms with Gasteiger partial charge in [0.15, 0.2) is 0 Å². The minimum Gasteiger partial charge on any atom is -0.488 e. The van der Waals surface area contributed by atoms with E-state index in [9.17, 15) is 9.18 Å². The molecule has 1 aromatic heterocycles. The molecule has 0 N–H and O–H groups in total. The summed E-state index contributed by atoms with van der Waals surface area (Å²) in [5.74, 6) is -1.14. The van der Waals surface area contributed by atoms with E-state index in [0.29, 0.717) is 39.0 Å². The molecule has 1 atom stereocenters. The monoisotopic (exact) mass is 526 g/mol. The molecule has 0 aliphatic carbocycles. The molecule has 5 nitrogen and oxygen atoms in total. The lowest BCUT2D eigenvalue weighted by Crippen LogP contribution is -2.40. The first-order valence-electron chi connectivity index (χ1n) is 12.5. The smallest absolute Gasteiger partial charge is 0.322 e. The van der Waals surface area contributed by atoms with Gasteiger partial charge in [-0.3, -0.25) is 9.79 Å². The molecule has 1 aliphatic heterocycles. The van der Waals surface area contributed by atoms with Crippen molar-refractivity contribution in [3.8, 4) is 11.4 Å². The van der Waals surface area contributed by atoms with E-state index >= 15 is 4.39 Å². The molecular weight excluding hydrogens is 498 g/mol. The second kappa shape index (κ2) is 10.3. The van der Waals surface area contributed by atoms with E-state index in [2.05, 4.69) is 11.6 Å². The van der Waals surface area contributed by atoms with Gasteiger partial charge in [-0.25, -0.2) is 8.78 Å². The number of fused-ring (bicyclic) bond motifs is 1. The van der Waals surface area contributed by atoms with Crippen molar-refractivity contribution >= 4 is 28.7 Å². The standard InChI is InChI=1S/C32H28F2N2O3/c1-20(2)30-29(32(31(37)38-4)13-8-14-35-19-32)28-26(36(30)24-11-12-25(34)21(3)15-24)16-23(33)17-27(28)39-18-22-9-6-5-7-10-22/h5-17H,1,18-19H2,2-4H3. The average molecular weight is 527 g/mol. The van der Waals surface area contributed by atoms with Gasteiger partial charge in [-0.1, -0.05) is 43.0 Å². The Morgan fingerprint density at radius 1 is 1.13 bits per heavy atom. The first kappa shape index (κ1) is 26.1. The molecule has 3 aromatic carbocycles. The van der Waals surface area contributed by atoms with Crippen LogP contribution in [0, 0.1) is 18.6 Å². The normalized spacial score (nSPS) is 16.4. The number of hydrogen-bond acceptors (Lipinski definition) is 4. The number of carbonyl (C=O) groups excluding carboxylic acids is 1. The minimum absolute atomic E-state index is 0.0769. The Balaban J connectivity index is 1.90. The number of aliphatic imine (C=N–C) groups is 1. The van der Waals surface area contributed by atoms with E-state index in [4.69, 9.17) is 9.47 Å². The Morgan fingerprint density at radius 3 is 2.54 bits per heavy atom. The van der Waals surface area contributed by atoms with Crippen molar-refractivity contribution in [3.05, 3.63) is 113 Å². The number of ether oxygens (including phenoxy) is 2. The van der Waals surface area contributed by atoms with E-state index in [-0.39, 0.29) is 24.7 Å². The first-order chi connectivity index (χ1) is 18.8. The summed E-state index contributed by atoms with van der Waals surface area (Å²) in [5, 5.41) is 0.527. The van der Waals surface area contributed by atoms with Crippen LogP contribution in [-0.2, 0) is 21.6 Å². The molecule has 0 bridgehead atoms. The molecule has 1 unspecified atom stereocenters. The molecule has 0 saturated carbocycles. The zero-order chi connectivity index (χ0) is 27.7. The largest absolute Gasteiger partial charge is 0.488 e. The number of allylic oxidation sites excluding steroid dienone is 2. The van der Waals surface area contributed by atoms with Crippen LogP contribution < -0.4 is 4.74 Å². The van der Waals surface area contributed by atoms with Crippen LogP contribution in [0.3, 0.4) is 0 Å². The Kier molecular flexibility index (Phi) is 6.91. The number of halogens is 2. The minimum atomic E-state index is -1.33. The van der Waals surface area contributed by atoms with Crippen molar-refractivity contribution in [1.29, 1.82) is 0 Å². The number of hydrogen-bond donors (Lipinski definition) is 0. The number of rotatable bonds is 7. The highest BCUT2D eigenvalue weighted by molar-refractivity contribution is 6.03. The first-order valence-corrected chi connectivity index (χ1v) is 12.5. The maximum Gasteiger partial charge on any atom is 0.322 e. The summed E-state index contributed by atoms with van der Waals surface area (Å²) in [7, 11) is 1.33. The van der Waals surface area contributed by atoms with E-state index < -0.39 is 17.2 Å². The van der Waals surface area contributed by atoms with Crippen LogP contribution in [0.15, 0.2) is 84.4 Å². The Hall–Kier alpha value is -4.52. The molecule has 0 spiro atoms. The Labute approximate surface area is 225 Å². The topological polar surface area (TPSA) is 52.8 Å². The summed E-state index contributed by atoms with van der Waals surface area (Å²) in [5.41, 5.74) is 2.74. The third-order valence-corrected chi connectivity index (χ3v) is 6.95. The fourth-order valence-corrected chi connectivity index (χ4v) is 5.17. The summed E-state index contributed by atoms with van der Waals surface area (Å²) in [6, 6.07) is 16.9. The van der Waals surface area contributed by atoms with Gasteiger partial charge in [0.2, 0.25) is 0 Å². The third kappa shape index (κ3) is 4.54. The van der Waals surface area contributed by atoms with Crippen LogP contribution in [-0.4, -0.2) is 30.4 Å². The zero-order valence-electron chi connectivity index (χ0n) is 22.0. The predicted molar refractivity (Wildman–Crippen MR) is 150 cm³/mol. The predicted octanol–water partition coefficient (Wildman–Crippen LogP) is 6.88. The van der Waals surface area contributed by atoms with Crippen molar-refractivity contribution in [3.63, 3.8) is 0 Å². The van der Waals surface area contributed by atoms with Crippen molar-refractivity contribution in [2.45, 2.75) is 25.9 Å². The molecule has 0 fully saturated rings. The van der Waals surface area contributed by atoms with Gasteiger partial charge in [0, 0.05) is 28.9 Å². The fraction of sp³-hybridized carbons (Fsp3) is 0.188. The molecule has 0 amide bonds. The van der Waals surface area contributed by atoms with Crippen LogP contribution in [0.1, 0.15) is 29.3 Å². The number of esters is 1. The number of dihydropyridines is 1. The second-order valence-electron chi connectivity index (χ2n) is 9.66. The van der Waals surface area contributed by atoms with Crippen LogP contribution >= 0.6 is 0 Å². The zero-order valence-corrected chi connectivity index (χ0v) is 22.0. The number of benzene rings is 3. The highest BCUT2D eigenvalue weighted by Gasteiger charge is 2.45.